The van der Waals surface area contributed by atoms with E-state index in [0.29, 0.717) is 6.42 Å². The van der Waals surface area contributed by atoms with Gasteiger partial charge in [0.1, 0.15) is 28.4 Å². The molecule has 1 heterocycles. The Morgan fingerprint density at radius 1 is 1.46 bits per heavy atom. The smallest absolute Gasteiger partial charge is 0.258 e. The van der Waals surface area contributed by atoms with E-state index in [1.165, 1.54) is 12.1 Å². The minimum atomic E-state index is -0.668. The number of phenolic OH excluding ortho intramolecular Hbond substituents is 1. The molecule has 0 bridgehead atoms. The van der Waals surface area contributed by atoms with Crippen molar-refractivity contribution in [2.45, 2.75) is 38.3 Å². The molecular formula is C18H25NO6S. The second-order valence-corrected chi connectivity index (χ2v) is 7.78. The number of aliphatic hydroxyl groups excluding tert-OH is 1. The van der Waals surface area contributed by atoms with Crippen LogP contribution in [-0.2, 0) is 4.79 Å². The van der Waals surface area contributed by atoms with Crippen LogP contribution in [0.25, 0.3) is 0 Å². The number of thioether (sulfide) groups is 1. The molecule has 1 aromatic carbocycles. The molecule has 0 aliphatic carbocycles. The molecule has 0 unspecified atom stereocenters. The van der Waals surface area contributed by atoms with Gasteiger partial charge in [-0.05, 0) is 32.3 Å². The van der Waals surface area contributed by atoms with Crippen molar-refractivity contribution >= 4 is 23.5 Å². The summed E-state index contributed by atoms with van der Waals surface area (Å²) in [6.07, 6.45) is 2.79. The van der Waals surface area contributed by atoms with Gasteiger partial charge in [-0.3, -0.25) is 9.59 Å². The van der Waals surface area contributed by atoms with Crippen LogP contribution in [-0.4, -0.2) is 58.8 Å². The zero-order chi connectivity index (χ0) is 19.3. The number of carbonyl (C=O) groups excluding carboxylic acids is 2. The first-order valence-corrected chi connectivity index (χ1v) is 9.76. The Kier molecular flexibility index (Phi) is 6.77. The van der Waals surface area contributed by atoms with E-state index in [2.05, 4.69) is 5.32 Å². The highest BCUT2D eigenvalue weighted by molar-refractivity contribution is 7.98. The molecule has 8 heteroatoms. The van der Waals surface area contributed by atoms with Crippen LogP contribution in [0.4, 0.5) is 0 Å². The van der Waals surface area contributed by atoms with Crippen LogP contribution in [0.15, 0.2) is 12.1 Å². The molecule has 1 aliphatic rings. The molecule has 1 aliphatic heterocycles. The van der Waals surface area contributed by atoms with Gasteiger partial charge in [-0.15, -0.1) is 0 Å². The van der Waals surface area contributed by atoms with Gasteiger partial charge in [0.25, 0.3) is 5.91 Å². The van der Waals surface area contributed by atoms with Crippen LogP contribution < -0.4 is 14.8 Å². The summed E-state index contributed by atoms with van der Waals surface area (Å²) in [5, 5.41) is 22.1. The second-order valence-electron chi connectivity index (χ2n) is 6.79. The van der Waals surface area contributed by atoms with Crippen molar-refractivity contribution in [3.05, 3.63) is 17.7 Å². The SMILES string of the molecule is CSCC[C@@H](CO)NC(=O)COc1cc(O)c2c(c1)OC(C)(C)CC2=O. The number of hydrogen-bond donors (Lipinski definition) is 3. The van der Waals surface area contributed by atoms with E-state index < -0.39 is 5.60 Å². The number of rotatable bonds is 8. The van der Waals surface area contributed by atoms with E-state index >= 15 is 0 Å². The number of phenols is 1. The van der Waals surface area contributed by atoms with Gasteiger partial charge >= 0.3 is 0 Å². The van der Waals surface area contributed by atoms with Gasteiger partial charge in [0.15, 0.2) is 12.4 Å². The molecule has 1 aromatic rings. The van der Waals surface area contributed by atoms with Crippen LogP contribution >= 0.6 is 11.8 Å². The molecule has 0 saturated carbocycles. The summed E-state index contributed by atoms with van der Waals surface area (Å²) in [4.78, 5) is 24.1. The molecule has 0 spiro atoms. The Bertz CT molecular complexity index is 676. The Morgan fingerprint density at radius 2 is 2.19 bits per heavy atom. The van der Waals surface area contributed by atoms with E-state index in [1.807, 2.05) is 6.26 Å². The molecule has 1 amide bonds. The molecule has 0 aromatic heterocycles. The van der Waals surface area contributed by atoms with Crippen molar-refractivity contribution in [3.63, 3.8) is 0 Å². The van der Waals surface area contributed by atoms with Crippen molar-refractivity contribution in [1.29, 1.82) is 0 Å². The van der Waals surface area contributed by atoms with Gasteiger partial charge in [0.2, 0.25) is 0 Å². The lowest BCUT2D eigenvalue weighted by Gasteiger charge is -2.32. The number of amides is 1. The number of benzene rings is 1. The Morgan fingerprint density at radius 3 is 2.85 bits per heavy atom. The average Bonchev–Trinajstić information content (AvgIpc) is 2.54. The van der Waals surface area contributed by atoms with Crippen molar-refractivity contribution in [1.82, 2.24) is 5.32 Å². The number of ketones is 1. The summed E-state index contributed by atoms with van der Waals surface area (Å²) in [6.45, 7) is 3.16. The Hall–Kier alpha value is -1.93. The van der Waals surface area contributed by atoms with E-state index in [1.54, 1.807) is 25.6 Å². The third-order valence-corrected chi connectivity index (χ3v) is 4.58. The zero-order valence-electron chi connectivity index (χ0n) is 15.2. The molecule has 1 atom stereocenters. The minimum Gasteiger partial charge on any atom is -0.507 e. The van der Waals surface area contributed by atoms with Crippen LogP contribution in [0.3, 0.4) is 0 Å². The molecule has 0 fully saturated rings. The number of fused-ring (bicyclic) bond motifs is 1. The van der Waals surface area contributed by atoms with Crippen LogP contribution in [0.2, 0.25) is 0 Å². The maximum absolute atomic E-state index is 12.2. The van der Waals surface area contributed by atoms with Crippen molar-refractivity contribution in [2.24, 2.45) is 0 Å². The first kappa shape index (κ1) is 20.4. The standard InChI is InChI=1S/C18H25NO6S/c1-18(2)8-14(22)17-13(21)6-12(7-15(17)25-18)24-10-16(23)19-11(9-20)4-5-26-3/h6-7,11,20-21H,4-5,8-10H2,1-3H3,(H,19,23)/t11-/m0/s1. The molecule has 0 radical (unpaired) electrons. The average molecular weight is 383 g/mol. The lowest BCUT2D eigenvalue weighted by atomic mass is 9.92. The summed E-state index contributed by atoms with van der Waals surface area (Å²) >= 11 is 1.63. The minimum absolute atomic E-state index is 0.138. The second kappa shape index (κ2) is 8.64. The predicted molar refractivity (Wildman–Crippen MR) is 99.3 cm³/mol. The summed E-state index contributed by atoms with van der Waals surface area (Å²) in [6, 6.07) is 2.47. The number of aromatic hydroxyl groups is 1. The number of nitrogens with one attached hydrogen (secondary N) is 1. The molecule has 3 N–H and O–H groups in total. The summed E-state index contributed by atoms with van der Waals surface area (Å²) in [7, 11) is 0. The van der Waals surface area contributed by atoms with E-state index in [9.17, 15) is 19.8 Å². The van der Waals surface area contributed by atoms with Crippen LogP contribution in [0, 0.1) is 0 Å². The highest BCUT2D eigenvalue weighted by atomic mass is 32.2. The van der Waals surface area contributed by atoms with Crippen molar-refractivity contribution in [2.75, 3.05) is 25.2 Å². The third kappa shape index (κ3) is 5.28. The van der Waals surface area contributed by atoms with E-state index in [0.717, 1.165) is 5.75 Å². The number of ether oxygens (including phenoxy) is 2. The fraction of sp³-hybridized carbons (Fsp3) is 0.556. The fourth-order valence-electron chi connectivity index (χ4n) is 2.72. The van der Waals surface area contributed by atoms with Crippen LogP contribution in [0.5, 0.6) is 17.2 Å². The first-order chi connectivity index (χ1) is 12.3. The predicted octanol–water partition coefficient (Wildman–Crippen LogP) is 1.74. The Labute approximate surface area is 157 Å². The lowest BCUT2D eigenvalue weighted by Crippen LogP contribution is -2.40. The van der Waals surface area contributed by atoms with Gasteiger partial charge in [-0.2, -0.15) is 11.8 Å². The molecule has 144 valence electrons. The number of hydrogen-bond acceptors (Lipinski definition) is 7. The maximum atomic E-state index is 12.2. The van der Waals surface area contributed by atoms with Gasteiger partial charge < -0.3 is 25.0 Å². The molecule has 2 rings (SSSR count). The molecule has 0 saturated heterocycles. The van der Waals surface area contributed by atoms with Gasteiger partial charge in [0, 0.05) is 12.1 Å². The molecule has 26 heavy (non-hydrogen) atoms. The third-order valence-electron chi connectivity index (χ3n) is 3.93. The normalized spacial score (nSPS) is 16.4. The highest BCUT2D eigenvalue weighted by Crippen LogP contribution is 2.40. The van der Waals surface area contributed by atoms with Crippen LogP contribution in [0.1, 0.15) is 37.0 Å². The summed E-state index contributed by atoms with van der Waals surface area (Å²) < 4.78 is 11.2. The van der Waals surface area contributed by atoms with Crippen molar-refractivity contribution in [3.8, 4) is 17.2 Å². The monoisotopic (exact) mass is 383 g/mol. The number of aliphatic hydroxyl groups is 1. The summed E-state index contributed by atoms with van der Waals surface area (Å²) in [5.41, 5.74) is -0.531. The van der Waals surface area contributed by atoms with Gasteiger partial charge in [-0.1, -0.05) is 0 Å². The van der Waals surface area contributed by atoms with E-state index in [4.69, 9.17) is 9.47 Å². The highest BCUT2D eigenvalue weighted by Gasteiger charge is 2.35. The Balaban J connectivity index is 2.01. The fourth-order valence-corrected chi connectivity index (χ4v) is 3.24. The lowest BCUT2D eigenvalue weighted by molar-refractivity contribution is -0.124. The maximum Gasteiger partial charge on any atom is 0.258 e. The molecule has 7 nitrogen and oxygen atoms in total. The number of carbonyl (C=O) groups is 2. The van der Waals surface area contributed by atoms with Gasteiger partial charge in [-0.25, -0.2) is 0 Å². The first-order valence-electron chi connectivity index (χ1n) is 8.37. The topological polar surface area (TPSA) is 105 Å². The zero-order valence-corrected chi connectivity index (χ0v) is 16.0. The summed E-state index contributed by atoms with van der Waals surface area (Å²) in [5.74, 6) is 0.497. The van der Waals surface area contributed by atoms with Crippen molar-refractivity contribution < 1.29 is 29.3 Å². The largest absolute Gasteiger partial charge is 0.507 e. The van der Waals surface area contributed by atoms with E-state index in [-0.39, 0.29) is 60.2 Å². The van der Waals surface area contributed by atoms with Gasteiger partial charge in [0.05, 0.1) is 19.1 Å². The molecular weight excluding hydrogens is 358 g/mol. The number of Topliss-reactive ketones (excluding diaryl/α,β-unsaturated/α-hetero) is 1. The quantitative estimate of drug-likeness (QED) is 0.628.